The van der Waals surface area contributed by atoms with Crippen LogP contribution in [0.5, 0.6) is 0 Å². The third-order valence-electron chi connectivity index (χ3n) is 5.99. The predicted molar refractivity (Wildman–Crippen MR) is 120 cm³/mol. The number of aliphatic carboxylic acids is 1. The molecule has 0 fully saturated rings. The van der Waals surface area contributed by atoms with Gasteiger partial charge in [0.15, 0.2) is 0 Å². The summed E-state index contributed by atoms with van der Waals surface area (Å²) in [5.74, 6) is -38.5. The van der Waals surface area contributed by atoms with E-state index < -0.39 is 73.3 Å². The zero-order chi connectivity index (χ0) is 33.1. The van der Waals surface area contributed by atoms with Gasteiger partial charge in [-0.15, -0.1) is 0 Å². The first-order chi connectivity index (χ1) is 19.5. The Morgan fingerprint density at radius 1 is 0.674 bits per heavy atom. The first-order valence-electron chi connectivity index (χ1n) is 11.7. The molecule has 0 heterocycles. The van der Waals surface area contributed by atoms with Gasteiger partial charge >= 0.3 is 47.9 Å². The van der Waals surface area contributed by atoms with Crippen molar-refractivity contribution in [1.29, 1.82) is 0 Å². The predicted octanol–water partition coefficient (Wildman–Crippen LogP) is 7.28. The largest absolute Gasteiger partial charge is 0.480 e. The average Bonchev–Trinajstić information content (AvgIpc) is 2.90. The van der Waals surface area contributed by atoms with E-state index >= 15 is 0 Å². The van der Waals surface area contributed by atoms with Crippen molar-refractivity contribution in [1.82, 2.24) is 5.32 Å². The highest BCUT2D eigenvalue weighted by atomic mass is 19.4. The molecule has 2 N–H and O–H groups in total. The highest BCUT2D eigenvalue weighted by molar-refractivity contribution is 5.80. The number of hydrogen-bond acceptors (Lipinski definition) is 3. The number of carbonyl (C=O) groups is 2. The first-order valence-corrected chi connectivity index (χ1v) is 11.7. The minimum atomic E-state index is -7.95. The van der Waals surface area contributed by atoms with Gasteiger partial charge in [-0.2, -0.15) is 57.1 Å². The number of benzene rings is 2. The lowest BCUT2D eigenvalue weighted by Crippen LogP contribution is -2.70. The van der Waals surface area contributed by atoms with Gasteiger partial charge in [-0.05, 0) is 23.1 Å². The minimum Gasteiger partial charge on any atom is -0.480 e. The van der Waals surface area contributed by atoms with Crippen molar-refractivity contribution in [3.63, 3.8) is 0 Å². The van der Waals surface area contributed by atoms with Crippen LogP contribution in [0.25, 0.3) is 0 Å². The average molecular weight is 645 g/mol. The molecule has 0 aliphatic carbocycles. The van der Waals surface area contributed by atoms with Gasteiger partial charge in [0.1, 0.15) is 12.6 Å². The molecule has 0 saturated heterocycles. The van der Waals surface area contributed by atoms with Crippen LogP contribution < -0.4 is 5.32 Å². The number of rotatable bonds is 13. The summed E-state index contributed by atoms with van der Waals surface area (Å²) in [6.45, 7) is -0.535. The van der Waals surface area contributed by atoms with Crippen LogP contribution in [0.1, 0.15) is 23.1 Å². The van der Waals surface area contributed by atoms with E-state index in [4.69, 9.17) is 4.74 Å². The number of hydrogen-bond donors (Lipinski definition) is 2. The smallest absolute Gasteiger partial charge is 0.460 e. The second-order valence-corrected chi connectivity index (χ2v) is 9.12. The molecular weight excluding hydrogens is 625 g/mol. The Kier molecular flexibility index (Phi) is 10.3. The number of ether oxygens (including phenoxy) is 1. The van der Waals surface area contributed by atoms with E-state index in [1.165, 1.54) is 0 Å². The maximum absolute atomic E-state index is 14.0. The lowest BCUT2D eigenvalue weighted by molar-refractivity contribution is -0.440. The number of halogens is 13. The monoisotopic (exact) mass is 645 g/mol. The lowest BCUT2D eigenvalue weighted by Gasteiger charge is -2.39. The Morgan fingerprint density at radius 2 is 1.16 bits per heavy atom. The van der Waals surface area contributed by atoms with Crippen molar-refractivity contribution in [3.8, 4) is 0 Å². The van der Waals surface area contributed by atoms with Crippen molar-refractivity contribution in [2.75, 3.05) is 0 Å². The van der Waals surface area contributed by atoms with Gasteiger partial charge in [-0.25, -0.2) is 9.59 Å². The molecule has 240 valence electrons. The number of nitrogens with one attached hydrogen (secondary N) is 1. The lowest BCUT2D eigenvalue weighted by atomic mass is 9.91. The number of carbonyl (C=O) groups excluding carboxylic acids is 1. The third kappa shape index (κ3) is 7.44. The molecule has 0 spiro atoms. The number of alkyl halides is 13. The SMILES string of the molecule is O=C(NC(Cc1ccccc1)C(=O)O)OCc1ccc(CCC(F)(F)C(F)(F)C(F)(F)C(F)(F)C(F)(F)C(F)(F)F)cc1. The molecule has 18 heteroatoms. The van der Waals surface area contributed by atoms with Crippen LogP contribution in [0, 0.1) is 0 Å². The number of aryl methyl sites for hydroxylation is 1. The van der Waals surface area contributed by atoms with Crippen molar-refractivity contribution in [3.05, 3.63) is 71.3 Å². The summed E-state index contributed by atoms with van der Waals surface area (Å²) in [7, 11) is 0. The number of amides is 1. The van der Waals surface area contributed by atoms with Crippen molar-refractivity contribution >= 4 is 12.1 Å². The zero-order valence-electron chi connectivity index (χ0n) is 21.2. The Hall–Kier alpha value is -3.73. The summed E-state index contributed by atoms with van der Waals surface area (Å²) in [4.78, 5) is 23.4. The van der Waals surface area contributed by atoms with E-state index in [-0.39, 0.29) is 17.5 Å². The molecule has 0 aliphatic rings. The molecule has 0 aromatic heterocycles. The van der Waals surface area contributed by atoms with Crippen LogP contribution in [0.4, 0.5) is 61.9 Å². The second kappa shape index (κ2) is 12.5. The number of alkyl carbamates (subject to hydrolysis) is 1. The van der Waals surface area contributed by atoms with Gasteiger partial charge in [0.05, 0.1) is 0 Å². The van der Waals surface area contributed by atoms with E-state index in [1.54, 1.807) is 30.3 Å². The van der Waals surface area contributed by atoms with Crippen LogP contribution in [-0.2, 0) is 29.0 Å². The van der Waals surface area contributed by atoms with Gasteiger partial charge in [-0.1, -0.05) is 54.6 Å². The zero-order valence-corrected chi connectivity index (χ0v) is 21.2. The van der Waals surface area contributed by atoms with E-state index in [0.717, 1.165) is 24.3 Å². The van der Waals surface area contributed by atoms with Crippen molar-refractivity contribution in [2.45, 2.75) is 67.7 Å². The van der Waals surface area contributed by atoms with E-state index in [0.29, 0.717) is 5.56 Å². The van der Waals surface area contributed by atoms with Gasteiger partial charge in [0.25, 0.3) is 0 Å². The molecule has 1 unspecified atom stereocenters. The molecular formula is C25H20F13NO4. The fourth-order valence-electron chi connectivity index (χ4n) is 3.45. The normalized spacial score (nSPS) is 14.3. The van der Waals surface area contributed by atoms with Crippen LogP contribution in [0.2, 0.25) is 0 Å². The fourth-order valence-corrected chi connectivity index (χ4v) is 3.45. The summed E-state index contributed by atoms with van der Waals surface area (Å²) in [6.07, 6.45) is -12.4. The Balaban J connectivity index is 2.02. The van der Waals surface area contributed by atoms with E-state index in [2.05, 4.69) is 5.32 Å². The Morgan fingerprint density at radius 3 is 1.65 bits per heavy atom. The van der Waals surface area contributed by atoms with Crippen molar-refractivity contribution < 1.29 is 76.5 Å². The van der Waals surface area contributed by atoms with Gasteiger partial charge < -0.3 is 15.2 Å². The maximum Gasteiger partial charge on any atom is 0.460 e. The molecule has 1 atom stereocenters. The van der Waals surface area contributed by atoms with Crippen LogP contribution in [0.15, 0.2) is 54.6 Å². The summed E-state index contributed by atoms with van der Waals surface area (Å²) >= 11 is 0. The van der Waals surface area contributed by atoms with Crippen LogP contribution in [0.3, 0.4) is 0 Å². The molecule has 0 aliphatic heterocycles. The molecule has 2 aromatic rings. The van der Waals surface area contributed by atoms with E-state index in [9.17, 15) is 71.8 Å². The molecule has 0 radical (unpaired) electrons. The molecule has 43 heavy (non-hydrogen) atoms. The van der Waals surface area contributed by atoms with Gasteiger partial charge in [0.2, 0.25) is 0 Å². The quantitative estimate of drug-likeness (QED) is 0.225. The Labute approximate surface area is 233 Å². The van der Waals surface area contributed by atoms with Crippen molar-refractivity contribution in [2.24, 2.45) is 0 Å². The highest BCUT2D eigenvalue weighted by Crippen LogP contribution is 2.60. The summed E-state index contributed by atoms with van der Waals surface area (Å²) in [5, 5.41) is 11.4. The molecule has 2 rings (SSSR count). The van der Waals surface area contributed by atoms with Crippen LogP contribution >= 0.6 is 0 Å². The molecule has 0 saturated carbocycles. The minimum absolute atomic E-state index is 0.0992. The summed E-state index contributed by atoms with van der Waals surface area (Å²) < 4.78 is 177. The summed E-state index contributed by atoms with van der Waals surface area (Å²) in [6, 6.07) is 10.7. The molecule has 1 amide bonds. The molecule has 5 nitrogen and oxygen atoms in total. The van der Waals surface area contributed by atoms with Gasteiger partial charge in [-0.3, -0.25) is 0 Å². The Bertz CT molecular complexity index is 1250. The number of carboxylic acids is 1. The standard InChI is InChI=1S/C25H20F13NO4/c26-20(27,21(28,29)22(30,31)23(32,33)24(34,35)25(36,37)38)11-10-14-6-8-16(9-7-14)13-43-19(42)39-17(18(40)41)12-15-4-2-1-3-5-15/h1-9,17H,10-13H2,(H,39,42)(H,40,41). The fraction of sp³-hybridized carbons (Fsp3) is 0.440. The second-order valence-electron chi connectivity index (χ2n) is 9.12. The van der Waals surface area contributed by atoms with Gasteiger partial charge in [0, 0.05) is 12.8 Å². The molecule has 2 aromatic carbocycles. The third-order valence-corrected chi connectivity index (χ3v) is 5.99. The number of carboxylic acid groups (broad SMARTS) is 1. The topological polar surface area (TPSA) is 75.6 Å². The van der Waals surface area contributed by atoms with Crippen LogP contribution in [-0.4, -0.2) is 59.0 Å². The highest BCUT2D eigenvalue weighted by Gasteiger charge is 2.90. The first kappa shape index (κ1) is 35.5. The maximum atomic E-state index is 14.0. The summed E-state index contributed by atoms with van der Waals surface area (Å²) in [5.41, 5.74) is 0.366. The molecule has 0 bridgehead atoms. The van der Waals surface area contributed by atoms with E-state index in [1.807, 2.05) is 0 Å².